The molecule has 34 heavy (non-hydrogen) atoms. The molecule has 0 bridgehead atoms. The van der Waals surface area contributed by atoms with Crippen LogP contribution in [0.4, 0.5) is 0 Å². The summed E-state index contributed by atoms with van der Waals surface area (Å²) < 4.78 is 0. The van der Waals surface area contributed by atoms with Gasteiger partial charge in [-0.05, 0) is 19.3 Å². The van der Waals surface area contributed by atoms with Gasteiger partial charge < -0.3 is 25.5 Å². The monoisotopic (exact) mass is 488 g/mol. The van der Waals surface area contributed by atoms with E-state index >= 15 is 0 Å². The lowest BCUT2D eigenvalue weighted by Gasteiger charge is -2.32. The predicted octanol–water partition coefficient (Wildman–Crippen LogP) is 5.98. The molecule has 5 N–H and O–H groups in total. The minimum atomic E-state index is -1.32. The summed E-state index contributed by atoms with van der Waals surface area (Å²) >= 11 is 0. The average Bonchev–Trinajstić information content (AvgIpc) is 2.82. The van der Waals surface area contributed by atoms with Crippen LogP contribution in [0.25, 0.3) is 0 Å². The maximum absolute atomic E-state index is 12.0. The zero-order valence-corrected chi connectivity index (χ0v) is 22.1. The van der Waals surface area contributed by atoms with E-state index in [1.165, 1.54) is 89.9 Å². The van der Waals surface area contributed by atoms with E-state index in [0.717, 1.165) is 19.3 Å². The zero-order chi connectivity index (χ0) is 25.5. The fraction of sp³-hybridized carbons (Fsp3) is 0.964. The van der Waals surface area contributed by atoms with E-state index in [1.807, 2.05) is 0 Å². The lowest BCUT2D eigenvalue weighted by molar-refractivity contribution is -0.155. The van der Waals surface area contributed by atoms with E-state index in [9.17, 15) is 20.1 Å². The highest BCUT2D eigenvalue weighted by Crippen LogP contribution is 2.36. The Balaban J connectivity index is 3.80. The van der Waals surface area contributed by atoms with Gasteiger partial charge in [0.1, 0.15) is 0 Å². The number of carboxylic acids is 1. The minimum Gasteiger partial charge on any atom is -0.481 e. The largest absolute Gasteiger partial charge is 0.481 e. The van der Waals surface area contributed by atoms with Gasteiger partial charge in [0.05, 0.1) is 30.8 Å². The summed E-state index contributed by atoms with van der Waals surface area (Å²) in [6.45, 7) is 1.24. The van der Waals surface area contributed by atoms with Crippen LogP contribution in [-0.2, 0) is 4.79 Å². The summed E-state index contributed by atoms with van der Waals surface area (Å²) in [5.74, 6) is -1.08. The molecule has 204 valence electrons. The first kappa shape index (κ1) is 33.3. The second-order valence-corrected chi connectivity index (χ2v) is 10.4. The van der Waals surface area contributed by atoms with Crippen molar-refractivity contribution in [2.75, 3.05) is 13.2 Å². The van der Waals surface area contributed by atoms with Crippen molar-refractivity contribution in [3.63, 3.8) is 0 Å². The van der Waals surface area contributed by atoms with Gasteiger partial charge in [-0.3, -0.25) is 4.79 Å². The van der Waals surface area contributed by atoms with Crippen LogP contribution in [0.1, 0.15) is 142 Å². The number of aliphatic hydroxyl groups excluding tert-OH is 4. The molecule has 6 nitrogen and oxygen atoms in total. The minimum absolute atomic E-state index is 0.116. The summed E-state index contributed by atoms with van der Waals surface area (Å²) in [5.41, 5.74) is -1.32. The fourth-order valence-corrected chi connectivity index (χ4v) is 4.97. The second kappa shape index (κ2) is 22.8. The van der Waals surface area contributed by atoms with E-state index in [4.69, 9.17) is 10.2 Å². The number of unbranched alkanes of at least 4 members (excludes halogenated alkanes) is 17. The molecular weight excluding hydrogens is 432 g/mol. The highest BCUT2D eigenvalue weighted by molar-refractivity contribution is 5.74. The molecule has 0 aromatic carbocycles. The number of hydrogen-bond donors (Lipinski definition) is 5. The molecule has 0 spiro atoms. The third-order valence-corrected chi connectivity index (χ3v) is 7.14. The smallest absolute Gasteiger partial charge is 0.309 e. The van der Waals surface area contributed by atoms with Crippen molar-refractivity contribution in [2.45, 2.75) is 154 Å². The molecule has 0 aromatic rings. The second-order valence-electron chi connectivity index (χ2n) is 10.4. The number of carboxylic acid groups (broad SMARTS) is 1. The molecule has 0 aliphatic heterocycles. The van der Waals surface area contributed by atoms with Crippen LogP contribution in [0.5, 0.6) is 0 Å². The topological polar surface area (TPSA) is 118 Å². The third kappa shape index (κ3) is 17.7. The van der Waals surface area contributed by atoms with Crippen molar-refractivity contribution in [2.24, 2.45) is 5.41 Å². The van der Waals surface area contributed by atoms with Crippen LogP contribution in [0.3, 0.4) is 0 Å². The maximum Gasteiger partial charge on any atom is 0.309 e. The number of carbonyl (C=O) groups is 1. The Bertz CT molecular complexity index is 444. The Hall–Kier alpha value is -0.690. The molecule has 6 heteroatoms. The van der Waals surface area contributed by atoms with Crippen molar-refractivity contribution in [1.82, 2.24) is 0 Å². The van der Waals surface area contributed by atoms with Crippen LogP contribution in [0.2, 0.25) is 0 Å². The molecule has 0 aliphatic carbocycles. The van der Waals surface area contributed by atoms with Gasteiger partial charge in [0.2, 0.25) is 0 Å². The molecule has 0 saturated carbocycles. The number of aliphatic carboxylic acids is 1. The van der Waals surface area contributed by atoms with E-state index in [-0.39, 0.29) is 12.8 Å². The first-order valence-electron chi connectivity index (χ1n) is 14.2. The molecule has 0 aromatic heterocycles. The fourth-order valence-electron chi connectivity index (χ4n) is 4.97. The van der Waals surface area contributed by atoms with E-state index in [2.05, 4.69) is 6.92 Å². The maximum atomic E-state index is 12.0. The van der Waals surface area contributed by atoms with Gasteiger partial charge in [-0.2, -0.15) is 0 Å². The Morgan fingerprint density at radius 2 is 0.882 bits per heavy atom. The lowest BCUT2D eigenvalue weighted by atomic mass is 9.73. The van der Waals surface area contributed by atoms with Gasteiger partial charge in [0.15, 0.2) is 0 Å². The van der Waals surface area contributed by atoms with Crippen LogP contribution in [0, 0.1) is 5.41 Å². The number of aliphatic hydroxyl groups is 4. The highest BCUT2D eigenvalue weighted by atomic mass is 16.4. The Kier molecular flexibility index (Phi) is 22.3. The van der Waals surface area contributed by atoms with Crippen molar-refractivity contribution in [1.29, 1.82) is 0 Å². The van der Waals surface area contributed by atoms with Gasteiger partial charge in [-0.25, -0.2) is 0 Å². The Morgan fingerprint density at radius 3 is 1.15 bits per heavy atom. The van der Waals surface area contributed by atoms with Crippen molar-refractivity contribution >= 4 is 5.97 Å². The molecule has 0 aliphatic rings. The average molecular weight is 489 g/mol. The molecular formula is C28H56O6. The summed E-state index contributed by atoms with van der Waals surface area (Å²) in [5, 5.41) is 47.7. The highest BCUT2D eigenvalue weighted by Gasteiger charge is 2.41. The third-order valence-electron chi connectivity index (χ3n) is 7.14. The lowest BCUT2D eigenvalue weighted by Crippen LogP contribution is -2.39. The molecule has 0 fully saturated rings. The SMILES string of the molecule is CCCCCCCCCCCCCCCCCCCCC(CC(O)CO)(CC(O)CO)C(=O)O. The summed E-state index contributed by atoms with van der Waals surface area (Å²) in [6.07, 6.45) is 20.6. The van der Waals surface area contributed by atoms with Gasteiger partial charge in [0.25, 0.3) is 0 Å². The van der Waals surface area contributed by atoms with E-state index < -0.39 is 36.8 Å². The quantitative estimate of drug-likeness (QED) is 0.0956. The summed E-state index contributed by atoms with van der Waals surface area (Å²) in [6, 6.07) is 0. The Morgan fingerprint density at radius 1 is 0.588 bits per heavy atom. The zero-order valence-electron chi connectivity index (χ0n) is 22.1. The van der Waals surface area contributed by atoms with E-state index in [0.29, 0.717) is 12.8 Å². The van der Waals surface area contributed by atoms with Gasteiger partial charge in [-0.1, -0.05) is 122 Å². The van der Waals surface area contributed by atoms with Crippen molar-refractivity contribution in [3.8, 4) is 0 Å². The summed E-state index contributed by atoms with van der Waals surface area (Å²) in [7, 11) is 0. The van der Waals surface area contributed by atoms with Gasteiger partial charge >= 0.3 is 5.97 Å². The molecule has 0 heterocycles. The first-order valence-corrected chi connectivity index (χ1v) is 14.2. The standard InChI is InChI=1S/C28H56O6/c1-2-3-4-5-6-7-8-9-10-11-12-13-14-15-16-17-18-19-20-28(27(33)34,21-25(31)23-29)22-26(32)24-30/h25-26,29-32H,2-24H2,1H3,(H,33,34). The number of rotatable bonds is 26. The first-order chi connectivity index (χ1) is 16.4. The normalized spacial score (nSPS) is 15.2. The molecule has 2 unspecified atom stereocenters. The number of hydrogen-bond acceptors (Lipinski definition) is 5. The van der Waals surface area contributed by atoms with Crippen LogP contribution in [0.15, 0.2) is 0 Å². The molecule has 0 radical (unpaired) electrons. The molecule has 0 rings (SSSR count). The molecule has 2 atom stereocenters. The van der Waals surface area contributed by atoms with Crippen LogP contribution in [-0.4, -0.2) is 56.9 Å². The Labute approximate surface area is 209 Å². The molecule has 0 amide bonds. The predicted molar refractivity (Wildman–Crippen MR) is 139 cm³/mol. The summed E-state index contributed by atoms with van der Waals surface area (Å²) in [4.78, 5) is 12.0. The van der Waals surface area contributed by atoms with Gasteiger partial charge in [0, 0.05) is 0 Å². The van der Waals surface area contributed by atoms with Crippen LogP contribution < -0.4 is 0 Å². The van der Waals surface area contributed by atoms with Crippen molar-refractivity contribution in [3.05, 3.63) is 0 Å². The van der Waals surface area contributed by atoms with Crippen molar-refractivity contribution < 1.29 is 30.3 Å². The van der Waals surface area contributed by atoms with E-state index in [1.54, 1.807) is 0 Å². The van der Waals surface area contributed by atoms with Crippen LogP contribution >= 0.6 is 0 Å². The van der Waals surface area contributed by atoms with Gasteiger partial charge in [-0.15, -0.1) is 0 Å². The molecule has 0 saturated heterocycles.